The van der Waals surface area contributed by atoms with Crippen LogP contribution in [-0.4, -0.2) is 20.3 Å². The van der Waals surface area contributed by atoms with Gasteiger partial charge in [-0.25, -0.2) is 0 Å². The van der Waals surface area contributed by atoms with Gasteiger partial charge in [-0.15, -0.1) is 0 Å². The molecule has 0 bridgehead atoms. The summed E-state index contributed by atoms with van der Waals surface area (Å²) in [6.07, 6.45) is 2.12. The van der Waals surface area contributed by atoms with Crippen LogP contribution in [0.15, 0.2) is 18.2 Å². The second kappa shape index (κ2) is 5.52. The first kappa shape index (κ1) is 12.4. The van der Waals surface area contributed by atoms with Crippen molar-refractivity contribution in [2.24, 2.45) is 11.7 Å². The zero-order valence-corrected chi connectivity index (χ0v) is 10.6. The molecule has 0 amide bonds. The van der Waals surface area contributed by atoms with E-state index in [9.17, 15) is 0 Å². The lowest BCUT2D eigenvalue weighted by molar-refractivity contribution is 0.0583. The van der Waals surface area contributed by atoms with E-state index in [-0.39, 0.29) is 6.04 Å². The fourth-order valence-electron chi connectivity index (χ4n) is 2.48. The van der Waals surface area contributed by atoms with Crippen molar-refractivity contribution in [1.29, 1.82) is 0 Å². The zero-order valence-electron chi connectivity index (χ0n) is 10.6. The fraction of sp³-hybridized carbons (Fsp3) is 0.571. The monoisotopic (exact) mass is 235 g/mol. The molecule has 17 heavy (non-hydrogen) atoms. The molecule has 3 nitrogen and oxygen atoms in total. The molecule has 0 saturated carbocycles. The first-order chi connectivity index (χ1) is 8.22. The molecule has 94 valence electrons. The van der Waals surface area contributed by atoms with E-state index in [4.69, 9.17) is 15.2 Å². The summed E-state index contributed by atoms with van der Waals surface area (Å²) in [6.45, 7) is 3.78. The van der Waals surface area contributed by atoms with Gasteiger partial charge in [0, 0.05) is 19.3 Å². The second-order valence-corrected chi connectivity index (χ2v) is 4.70. The number of ether oxygens (including phenoxy) is 2. The van der Waals surface area contributed by atoms with Gasteiger partial charge >= 0.3 is 0 Å². The van der Waals surface area contributed by atoms with Crippen molar-refractivity contribution in [3.63, 3.8) is 0 Å². The van der Waals surface area contributed by atoms with Crippen LogP contribution >= 0.6 is 0 Å². The smallest absolute Gasteiger partial charge is 0.119 e. The van der Waals surface area contributed by atoms with Crippen molar-refractivity contribution >= 4 is 0 Å². The second-order valence-electron chi connectivity index (χ2n) is 4.70. The first-order valence-corrected chi connectivity index (χ1v) is 6.20. The van der Waals surface area contributed by atoms with Crippen LogP contribution in [-0.2, 0) is 4.74 Å². The van der Waals surface area contributed by atoms with Gasteiger partial charge in [-0.1, -0.05) is 6.07 Å². The molecule has 0 radical (unpaired) electrons. The molecular formula is C14H21NO2. The van der Waals surface area contributed by atoms with Crippen LogP contribution in [0.25, 0.3) is 0 Å². The number of benzene rings is 1. The van der Waals surface area contributed by atoms with Gasteiger partial charge in [0.1, 0.15) is 5.75 Å². The van der Waals surface area contributed by atoms with Crippen molar-refractivity contribution in [2.75, 3.05) is 20.3 Å². The largest absolute Gasteiger partial charge is 0.497 e. The summed E-state index contributed by atoms with van der Waals surface area (Å²) in [4.78, 5) is 0. The normalized spacial score (nSPS) is 19.0. The average molecular weight is 235 g/mol. The Kier molecular flexibility index (Phi) is 4.02. The van der Waals surface area contributed by atoms with Crippen molar-refractivity contribution < 1.29 is 9.47 Å². The molecule has 2 rings (SSSR count). The molecule has 0 aromatic heterocycles. The molecule has 1 atom stereocenters. The molecular weight excluding hydrogens is 214 g/mol. The summed E-state index contributed by atoms with van der Waals surface area (Å²) in [5.74, 6) is 1.43. The summed E-state index contributed by atoms with van der Waals surface area (Å²) in [5, 5.41) is 0. The summed E-state index contributed by atoms with van der Waals surface area (Å²) >= 11 is 0. The minimum atomic E-state index is 0.116. The highest BCUT2D eigenvalue weighted by Gasteiger charge is 2.23. The van der Waals surface area contributed by atoms with Crippen molar-refractivity contribution in [1.82, 2.24) is 0 Å². The van der Waals surface area contributed by atoms with Gasteiger partial charge in [0.25, 0.3) is 0 Å². The topological polar surface area (TPSA) is 44.5 Å². The van der Waals surface area contributed by atoms with Crippen molar-refractivity contribution in [3.8, 4) is 5.75 Å². The third kappa shape index (κ3) is 2.79. The molecule has 0 unspecified atom stereocenters. The van der Waals surface area contributed by atoms with Crippen LogP contribution in [0, 0.1) is 12.8 Å². The highest BCUT2D eigenvalue weighted by atomic mass is 16.5. The summed E-state index contributed by atoms with van der Waals surface area (Å²) < 4.78 is 10.6. The number of methoxy groups -OCH3 is 1. The minimum Gasteiger partial charge on any atom is -0.497 e. The maximum Gasteiger partial charge on any atom is 0.119 e. The Morgan fingerprint density at radius 3 is 2.65 bits per heavy atom. The molecule has 1 saturated heterocycles. The van der Waals surface area contributed by atoms with Gasteiger partial charge in [0.2, 0.25) is 0 Å². The van der Waals surface area contributed by atoms with Crippen LogP contribution in [0.4, 0.5) is 0 Å². The Labute approximate surface area is 103 Å². The Morgan fingerprint density at radius 2 is 2.06 bits per heavy atom. The van der Waals surface area contributed by atoms with Crippen LogP contribution in [0.5, 0.6) is 5.75 Å². The van der Waals surface area contributed by atoms with Crippen LogP contribution in [0.2, 0.25) is 0 Å². The van der Waals surface area contributed by atoms with Crippen LogP contribution in [0.1, 0.15) is 30.0 Å². The number of hydrogen-bond donors (Lipinski definition) is 1. The van der Waals surface area contributed by atoms with Gasteiger partial charge in [-0.3, -0.25) is 0 Å². The lowest BCUT2D eigenvalue weighted by Crippen LogP contribution is -2.27. The lowest BCUT2D eigenvalue weighted by Gasteiger charge is -2.28. The Bertz CT molecular complexity index is 372. The van der Waals surface area contributed by atoms with E-state index in [1.807, 2.05) is 6.07 Å². The van der Waals surface area contributed by atoms with Gasteiger partial charge in [-0.2, -0.15) is 0 Å². The van der Waals surface area contributed by atoms with E-state index >= 15 is 0 Å². The van der Waals surface area contributed by atoms with Crippen LogP contribution in [0.3, 0.4) is 0 Å². The summed E-state index contributed by atoms with van der Waals surface area (Å²) in [5.41, 5.74) is 8.81. The third-order valence-electron chi connectivity index (χ3n) is 3.61. The molecule has 1 heterocycles. The van der Waals surface area contributed by atoms with E-state index in [2.05, 4.69) is 19.1 Å². The van der Waals surface area contributed by atoms with Crippen LogP contribution < -0.4 is 10.5 Å². The number of rotatable bonds is 3. The minimum absolute atomic E-state index is 0.116. The number of aryl methyl sites for hydroxylation is 1. The number of hydrogen-bond acceptors (Lipinski definition) is 3. The highest BCUT2D eigenvalue weighted by Crippen LogP contribution is 2.31. The lowest BCUT2D eigenvalue weighted by atomic mass is 9.86. The van der Waals surface area contributed by atoms with E-state index in [1.54, 1.807) is 7.11 Å². The zero-order chi connectivity index (χ0) is 12.3. The maximum absolute atomic E-state index is 6.37. The maximum atomic E-state index is 6.37. The molecule has 0 spiro atoms. The standard InChI is InChI=1S/C14H21NO2/c1-10-9-12(16-2)3-4-13(10)14(15)11-5-7-17-8-6-11/h3-4,9,11,14H,5-8,15H2,1-2H3/t14-/m1/s1. The third-order valence-corrected chi connectivity index (χ3v) is 3.61. The summed E-state index contributed by atoms with van der Waals surface area (Å²) in [6, 6.07) is 6.24. The molecule has 1 aliphatic heterocycles. The molecule has 1 aromatic carbocycles. The van der Waals surface area contributed by atoms with Crippen molar-refractivity contribution in [3.05, 3.63) is 29.3 Å². The van der Waals surface area contributed by atoms with E-state index in [0.29, 0.717) is 5.92 Å². The predicted octanol–water partition coefficient (Wildman–Crippen LogP) is 2.43. The van der Waals surface area contributed by atoms with Gasteiger partial charge in [0.05, 0.1) is 7.11 Å². The molecule has 3 heteroatoms. The quantitative estimate of drug-likeness (QED) is 0.875. The van der Waals surface area contributed by atoms with Crippen molar-refractivity contribution in [2.45, 2.75) is 25.8 Å². The van der Waals surface area contributed by atoms with Gasteiger partial charge < -0.3 is 15.2 Å². The molecule has 1 aliphatic rings. The average Bonchev–Trinajstić information content (AvgIpc) is 2.39. The highest BCUT2D eigenvalue weighted by molar-refractivity contribution is 5.36. The Hall–Kier alpha value is -1.06. The fourth-order valence-corrected chi connectivity index (χ4v) is 2.48. The molecule has 2 N–H and O–H groups in total. The molecule has 1 fully saturated rings. The Morgan fingerprint density at radius 1 is 1.35 bits per heavy atom. The van der Waals surface area contributed by atoms with Gasteiger partial charge in [0.15, 0.2) is 0 Å². The van der Waals surface area contributed by atoms with E-state index in [0.717, 1.165) is 31.8 Å². The molecule has 1 aromatic rings. The summed E-state index contributed by atoms with van der Waals surface area (Å²) in [7, 11) is 1.69. The predicted molar refractivity (Wildman–Crippen MR) is 68.2 cm³/mol. The van der Waals surface area contributed by atoms with E-state index in [1.165, 1.54) is 11.1 Å². The Balaban J connectivity index is 2.15. The molecule has 0 aliphatic carbocycles. The first-order valence-electron chi connectivity index (χ1n) is 6.20. The number of nitrogens with two attached hydrogens (primary N) is 1. The SMILES string of the molecule is COc1ccc([C@H](N)C2CCOCC2)c(C)c1. The van der Waals surface area contributed by atoms with Gasteiger partial charge in [-0.05, 0) is 48.9 Å². The van der Waals surface area contributed by atoms with E-state index < -0.39 is 0 Å².